The molecule has 1 aromatic heterocycles. The number of hydrogen-bond donors (Lipinski definition) is 1. The number of rotatable bonds is 7. The molecule has 0 bridgehead atoms. The van der Waals surface area contributed by atoms with Crippen molar-refractivity contribution in [2.75, 3.05) is 42.9 Å². The summed E-state index contributed by atoms with van der Waals surface area (Å²) in [5, 5.41) is 18.7. The maximum atomic E-state index is 12.6. The van der Waals surface area contributed by atoms with Crippen LogP contribution in [0.1, 0.15) is 5.56 Å². The van der Waals surface area contributed by atoms with E-state index in [1.807, 2.05) is 24.3 Å². The number of piperazine rings is 1. The zero-order valence-electron chi connectivity index (χ0n) is 17.4. The molecule has 1 amide bonds. The number of amides is 1. The molecular weight excluding hydrogens is 432 g/mol. The highest BCUT2D eigenvalue weighted by atomic mass is 35.5. The van der Waals surface area contributed by atoms with Crippen LogP contribution in [0.15, 0.2) is 60.8 Å². The van der Waals surface area contributed by atoms with E-state index in [9.17, 15) is 14.9 Å². The molecule has 0 atom stereocenters. The van der Waals surface area contributed by atoms with E-state index < -0.39 is 4.92 Å². The second-order valence-corrected chi connectivity index (χ2v) is 8.03. The van der Waals surface area contributed by atoms with Crippen LogP contribution >= 0.6 is 11.6 Å². The summed E-state index contributed by atoms with van der Waals surface area (Å²) in [6, 6.07) is 15.9. The highest BCUT2D eigenvalue weighted by Gasteiger charge is 2.20. The second kappa shape index (κ2) is 9.80. The van der Waals surface area contributed by atoms with Crippen molar-refractivity contribution in [2.45, 2.75) is 6.54 Å². The Morgan fingerprint density at radius 1 is 1.09 bits per heavy atom. The first-order chi connectivity index (χ1) is 15.5. The molecular formula is C22H23ClN6O3. The standard InChI is InChI=1S/C22H23ClN6O3/c23-18-3-1-2-17(14-18)15-28-21(8-9-24-28)25-22(30)16-26-10-12-27(13-11-26)19-4-6-20(7-5-19)29(31)32/h1-9,14H,10-13,15-16H2,(H,25,30). The number of carbonyl (C=O) groups is 1. The van der Waals surface area contributed by atoms with Crippen molar-refractivity contribution in [1.82, 2.24) is 14.7 Å². The Morgan fingerprint density at radius 3 is 2.53 bits per heavy atom. The molecule has 166 valence electrons. The maximum absolute atomic E-state index is 12.6. The predicted octanol–water partition coefficient (Wildman–Crippen LogP) is 3.25. The fourth-order valence-corrected chi connectivity index (χ4v) is 3.92. The van der Waals surface area contributed by atoms with E-state index in [0.717, 1.165) is 37.4 Å². The maximum Gasteiger partial charge on any atom is 0.269 e. The Bertz CT molecular complexity index is 1090. The van der Waals surface area contributed by atoms with Crippen LogP contribution in [0.25, 0.3) is 0 Å². The molecule has 0 saturated carbocycles. The number of nitro groups is 1. The zero-order chi connectivity index (χ0) is 22.5. The van der Waals surface area contributed by atoms with Gasteiger partial charge in [0.05, 0.1) is 24.2 Å². The largest absolute Gasteiger partial charge is 0.369 e. The van der Waals surface area contributed by atoms with Crippen molar-refractivity contribution in [2.24, 2.45) is 0 Å². The molecule has 9 nitrogen and oxygen atoms in total. The van der Waals surface area contributed by atoms with E-state index in [4.69, 9.17) is 11.6 Å². The van der Waals surface area contributed by atoms with E-state index >= 15 is 0 Å². The predicted molar refractivity (Wildman–Crippen MR) is 123 cm³/mol. The van der Waals surface area contributed by atoms with Gasteiger partial charge in [0.1, 0.15) is 5.82 Å². The van der Waals surface area contributed by atoms with Crippen molar-refractivity contribution >= 4 is 34.7 Å². The average Bonchev–Trinajstić information content (AvgIpc) is 3.20. The minimum atomic E-state index is -0.402. The van der Waals surface area contributed by atoms with Gasteiger partial charge in [0.15, 0.2) is 0 Å². The summed E-state index contributed by atoms with van der Waals surface area (Å²) in [4.78, 5) is 27.3. The summed E-state index contributed by atoms with van der Waals surface area (Å²) in [5.74, 6) is 0.543. The lowest BCUT2D eigenvalue weighted by atomic mass is 10.2. The quantitative estimate of drug-likeness (QED) is 0.435. The Morgan fingerprint density at radius 2 is 1.84 bits per heavy atom. The van der Waals surface area contributed by atoms with Gasteiger partial charge in [0, 0.05) is 55.1 Å². The molecule has 1 N–H and O–H groups in total. The van der Waals surface area contributed by atoms with Crippen molar-refractivity contribution in [3.8, 4) is 0 Å². The van der Waals surface area contributed by atoms with Crippen molar-refractivity contribution in [3.63, 3.8) is 0 Å². The van der Waals surface area contributed by atoms with Gasteiger partial charge >= 0.3 is 0 Å². The Hall–Kier alpha value is -3.43. The highest BCUT2D eigenvalue weighted by Crippen LogP contribution is 2.21. The molecule has 0 spiro atoms. The lowest BCUT2D eigenvalue weighted by Gasteiger charge is -2.35. The summed E-state index contributed by atoms with van der Waals surface area (Å²) in [5.41, 5.74) is 2.03. The van der Waals surface area contributed by atoms with Gasteiger partial charge in [0.2, 0.25) is 5.91 Å². The Labute approximate surface area is 190 Å². The molecule has 2 aromatic carbocycles. The normalized spacial score (nSPS) is 14.3. The number of halogens is 1. The zero-order valence-corrected chi connectivity index (χ0v) is 18.1. The molecule has 4 rings (SSSR count). The molecule has 32 heavy (non-hydrogen) atoms. The molecule has 0 unspecified atom stereocenters. The third-order valence-electron chi connectivity index (χ3n) is 5.37. The number of nitrogens with zero attached hydrogens (tertiary/aromatic N) is 5. The fourth-order valence-electron chi connectivity index (χ4n) is 3.71. The Balaban J connectivity index is 1.28. The van der Waals surface area contributed by atoms with Gasteiger partial charge in [-0.2, -0.15) is 5.10 Å². The monoisotopic (exact) mass is 454 g/mol. The van der Waals surface area contributed by atoms with Crippen LogP contribution in [0.3, 0.4) is 0 Å². The molecule has 0 radical (unpaired) electrons. The summed E-state index contributed by atoms with van der Waals surface area (Å²) in [6.07, 6.45) is 1.66. The highest BCUT2D eigenvalue weighted by molar-refractivity contribution is 6.30. The lowest BCUT2D eigenvalue weighted by Crippen LogP contribution is -2.48. The number of nitro benzene ring substituents is 1. The van der Waals surface area contributed by atoms with E-state index in [2.05, 4.69) is 20.2 Å². The molecule has 1 saturated heterocycles. The van der Waals surface area contributed by atoms with Gasteiger partial charge in [0.25, 0.3) is 5.69 Å². The van der Waals surface area contributed by atoms with E-state index in [1.54, 1.807) is 29.1 Å². The van der Waals surface area contributed by atoms with Crippen LogP contribution in [0.5, 0.6) is 0 Å². The van der Waals surface area contributed by atoms with Gasteiger partial charge in [-0.05, 0) is 29.8 Å². The Kier molecular flexibility index (Phi) is 6.67. The SMILES string of the molecule is O=C(CN1CCN(c2ccc([N+](=O)[O-])cc2)CC1)Nc1ccnn1Cc1cccc(Cl)c1. The summed E-state index contributed by atoms with van der Waals surface area (Å²) in [7, 11) is 0. The van der Waals surface area contributed by atoms with Crippen LogP contribution < -0.4 is 10.2 Å². The molecule has 2 heterocycles. The first-order valence-corrected chi connectivity index (χ1v) is 10.6. The minimum absolute atomic E-state index is 0.0821. The number of hydrogen-bond acceptors (Lipinski definition) is 6. The van der Waals surface area contributed by atoms with Crippen LogP contribution in [-0.4, -0.2) is 58.2 Å². The molecule has 10 heteroatoms. The molecule has 1 fully saturated rings. The first kappa shape index (κ1) is 21.8. The molecule has 1 aliphatic rings. The fraction of sp³-hybridized carbons (Fsp3) is 0.273. The van der Waals surface area contributed by atoms with Gasteiger partial charge in [-0.1, -0.05) is 23.7 Å². The smallest absolute Gasteiger partial charge is 0.269 e. The minimum Gasteiger partial charge on any atom is -0.369 e. The van der Waals surface area contributed by atoms with Crippen LogP contribution in [0.4, 0.5) is 17.2 Å². The van der Waals surface area contributed by atoms with Crippen LogP contribution in [-0.2, 0) is 11.3 Å². The van der Waals surface area contributed by atoms with Crippen molar-refractivity contribution < 1.29 is 9.72 Å². The number of non-ortho nitro benzene ring substituents is 1. The van der Waals surface area contributed by atoms with Crippen molar-refractivity contribution in [1.29, 1.82) is 0 Å². The summed E-state index contributed by atoms with van der Waals surface area (Å²) >= 11 is 6.05. The number of benzene rings is 2. The average molecular weight is 455 g/mol. The van der Waals surface area contributed by atoms with E-state index in [-0.39, 0.29) is 18.1 Å². The van der Waals surface area contributed by atoms with E-state index in [1.165, 1.54) is 12.1 Å². The number of anilines is 2. The number of carbonyl (C=O) groups excluding carboxylic acids is 1. The van der Waals surface area contributed by atoms with E-state index in [0.29, 0.717) is 17.4 Å². The van der Waals surface area contributed by atoms with Gasteiger partial charge in [-0.15, -0.1) is 0 Å². The molecule has 3 aromatic rings. The molecule has 1 aliphatic heterocycles. The third-order valence-corrected chi connectivity index (χ3v) is 5.61. The van der Waals surface area contributed by atoms with Crippen LogP contribution in [0, 0.1) is 10.1 Å². The number of aromatic nitrogens is 2. The van der Waals surface area contributed by atoms with Gasteiger partial charge in [-0.3, -0.25) is 19.8 Å². The first-order valence-electron chi connectivity index (χ1n) is 10.3. The third kappa shape index (κ3) is 5.43. The van der Waals surface area contributed by atoms with Crippen LogP contribution in [0.2, 0.25) is 5.02 Å². The number of nitrogens with one attached hydrogen (secondary N) is 1. The summed E-state index contributed by atoms with van der Waals surface area (Å²) < 4.78 is 1.73. The summed E-state index contributed by atoms with van der Waals surface area (Å²) in [6.45, 7) is 3.75. The topological polar surface area (TPSA) is 96.5 Å². The molecule has 0 aliphatic carbocycles. The van der Waals surface area contributed by atoms with Gasteiger partial charge in [-0.25, -0.2) is 4.68 Å². The van der Waals surface area contributed by atoms with Gasteiger partial charge < -0.3 is 10.2 Å². The second-order valence-electron chi connectivity index (χ2n) is 7.59. The lowest BCUT2D eigenvalue weighted by molar-refractivity contribution is -0.384. The van der Waals surface area contributed by atoms with Crippen molar-refractivity contribution in [3.05, 3.63) is 81.5 Å².